The van der Waals surface area contributed by atoms with Crippen LogP contribution in [-0.2, 0) is 12.7 Å². The van der Waals surface area contributed by atoms with Crippen LogP contribution in [-0.4, -0.2) is 25.1 Å². The van der Waals surface area contributed by atoms with E-state index in [-0.39, 0.29) is 0 Å². The number of aromatic amines is 1. The Hall–Kier alpha value is -3.75. The van der Waals surface area contributed by atoms with E-state index >= 15 is 0 Å². The molecule has 0 fully saturated rings. The van der Waals surface area contributed by atoms with Crippen LogP contribution in [0, 0.1) is 0 Å². The molecule has 0 atom stereocenters. The van der Waals surface area contributed by atoms with Crippen LogP contribution >= 0.6 is 0 Å². The lowest BCUT2D eigenvalue weighted by Crippen LogP contribution is -2.04. The number of nitrogens with zero attached hydrogens (tertiary/aromatic N) is 4. The Morgan fingerprint density at radius 2 is 1.76 bits per heavy atom. The summed E-state index contributed by atoms with van der Waals surface area (Å²) in [5.74, 6) is 1.36. The zero-order valence-electron chi connectivity index (χ0n) is 15.0. The average Bonchev–Trinajstić information content (AvgIpc) is 3.23. The van der Waals surface area contributed by atoms with Gasteiger partial charge in [0.2, 0.25) is 0 Å². The van der Waals surface area contributed by atoms with Gasteiger partial charge in [0, 0.05) is 30.7 Å². The Labute approximate surface area is 163 Å². The van der Waals surface area contributed by atoms with Crippen LogP contribution in [0.15, 0.2) is 67.1 Å². The van der Waals surface area contributed by atoms with Crippen LogP contribution in [0.1, 0.15) is 11.1 Å². The van der Waals surface area contributed by atoms with Crippen molar-refractivity contribution in [1.29, 1.82) is 0 Å². The Bertz CT molecular complexity index is 1090. The predicted octanol–water partition coefficient (Wildman–Crippen LogP) is 4.56. The first-order valence-electron chi connectivity index (χ1n) is 8.69. The molecule has 4 aromatic rings. The minimum absolute atomic E-state index is 0.302. The Morgan fingerprint density at radius 1 is 0.966 bits per heavy atom. The number of H-pyrrole nitrogens is 1. The number of rotatable bonds is 5. The van der Waals surface area contributed by atoms with Crippen molar-refractivity contribution in [3.63, 3.8) is 0 Å². The molecule has 29 heavy (non-hydrogen) atoms. The molecule has 1 aromatic carbocycles. The van der Waals surface area contributed by atoms with Gasteiger partial charge in [0.15, 0.2) is 11.6 Å². The maximum Gasteiger partial charge on any atom is 0.416 e. The summed E-state index contributed by atoms with van der Waals surface area (Å²) in [4.78, 5) is 12.8. The normalized spacial score (nSPS) is 11.4. The maximum atomic E-state index is 12.7. The van der Waals surface area contributed by atoms with Gasteiger partial charge in [-0.1, -0.05) is 18.2 Å². The van der Waals surface area contributed by atoms with Gasteiger partial charge in [0.05, 0.1) is 11.1 Å². The summed E-state index contributed by atoms with van der Waals surface area (Å²) in [5, 5.41) is 10.2. The minimum Gasteiger partial charge on any atom is -0.365 e. The van der Waals surface area contributed by atoms with Gasteiger partial charge < -0.3 is 5.32 Å². The molecule has 0 saturated heterocycles. The fourth-order valence-electron chi connectivity index (χ4n) is 2.75. The van der Waals surface area contributed by atoms with Gasteiger partial charge in [-0.05, 0) is 35.9 Å². The van der Waals surface area contributed by atoms with Crippen molar-refractivity contribution in [2.24, 2.45) is 0 Å². The van der Waals surface area contributed by atoms with Crippen molar-refractivity contribution in [2.75, 3.05) is 5.32 Å². The third kappa shape index (κ3) is 4.23. The van der Waals surface area contributed by atoms with Crippen LogP contribution in [0.25, 0.3) is 22.8 Å². The smallest absolute Gasteiger partial charge is 0.365 e. The lowest BCUT2D eigenvalue weighted by atomic mass is 10.1. The first kappa shape index (κ1) is 18.6. The molecule has 2 N–H and O–H groups in total. The fourth-order valence-corrected chi connectivity index (χ4v) is 2.75. The third-order valence-electron chi connectivity index (χ3n) is 4.20. The van der Waals surface area contributed by atoms with Gasteiger partial charge >= 0.3 is 6.18 Å². The van der Waals surface area contributed by atoms with E-state index in [1.807, 2.05) is 18.2 Å². The molecular formula is C20H15F3N6. The zero-order chi connectivity index (χ0) is 20.3. The quantitative estimate of drug-likeness (QED) is 0.517. The van der Waals surface area contributed by atoms with E-state index in [4.69, 9.17) is 0 Å². The van der Waals surface area contributed by atoms with Gasteiger partial charge in [-0.3, -0.25) is 10.1 Å². The van der Waals surface area contributed by atoms with Gasteiger partial charge in [-0.15, -0.1) is 0 Å². The van der Waals surface area contributed by atoms with E-state index in [9.17, 15) is 13.2 Å². The van der Waals surface area contributed by atoms with E-state index in [0.29, 0.717) is 35.1 Å². The molecule has 0 aliphatic heterocycles. The highest BCUT2D eigenvalue weighted by Crippen LogP contribution is 2.31. The molecule has 0 unspecified atom stereocenters. The highest BCUT2D eigenvalue weighted by molar-refractivity contribution is 5.71. The lowest BCUT2D eigenvalue weighted by molar-refractivity contribution is -0.137. The van der Waals surface area contributed by atoms with Crippen LogP contribution in [0.5, 0.6) is 0 Å². The molecule has 6 nitrogen and oxygen atoms in total. The van der Waals surface area contributed by atoms with Crippen molar-refractivity contribution in [3.8, 4) is 22.8 Å². The van der Waals surface area contributed by atoms with Gasteiger partial charge in [-0.2, -0.15) is 18.3 Å². The SMILES string of the molecule is FC(F)(F)c1ccc(-c2n[nH]c(-c3cccnc3NCc3cccnc3)n2)cc1. The second-order valence-corrected chi connectivity index (χ2v) is 6.20. The number of nitrogens with one attached hydrogen (secondary N) is 2. The van der Waals surface area contributed by atoms with Gasteiger partial charge in [0.1, 0.15) is 5.82 Å². The minimum atomic E-state index is -4.38. The molecule has 0 bridgehead atoms. The molecule has 3 heterocycles. The second-order valence-electron chi connectivity index (χ2n) is 6.20. The molecule has 0 aliphatic rings. The highest BCUT2D eigenvalue weighted by atomic mass is 19.4. The summed E-state index contributed by atoms with van der Waals surface area (Å²) in [6.07, 6.45) is 0.731. The number of halogens is 3. The number of alkyl halides is 3. The first-order valence-corrected chi connectivity index (χ1v) is 8.69. The maximum absolute atomic E-state index is 12.7. The number of aromatic nitrogens is 5. The molecule has 146 valence electrons. The Kier molecular flexibility index (Phi) is 4.94. The largest absolute Gasteiger partial charge is 0.416 e. The molecule has 0 saturated carbocycles. The zero-order valence-corrected chi connectivity index (χ0v) is 15.0. The van der Waals surface area contributed by atoms with E-state index in [0.717, 1.165) is 17.7 Å². The number of benzene rings is 1. The van der Waals surface area contributed by atoms with E-state index < -0.39 is 11.7 Å². The summed E-state index contributed by atoms with van der Waals surface area (Å²) in [5.41, 5.74) is 1.45. The summed E-state index contributed by atoms with van der Waals surface area (Å²) in [7, 11) is 0. The molecule has 0 aliphatic carbocycles. The fraction of sp³-hybridized carbons (Fsp3) is 0.100. The summed E-state index contributed by atoms with van der Waals surface area (Å²) >= 11 is 0. The number of anilines is 1. The van der Waals surface area contributed by atoms with Crippen molar-refractivity contribution in [3.05, 3.63) is 78.2 Å². The Morgan fingerprint density at radius 3 is 2.48 bits per heavy atom. The summed E-state index contributed by atoms with van der Waals surface area (Å²) in [6, 6.07) is 12.1. The molecule has 0 amide bonds. The molecular weight excluding hydrogens is 381 g/mol. The monoisotopic (exact) mass is 396 g/mol. The predicted molar refractivity (Wildman–Crippen MR) is 102 cm³/mol. The van der Waals surface area contributed by atoms with Crippen molar-refractivity contribution in [2.45, 2.75) is 12.7 Å². The van der Waals surface area contributed by atoms with Gasteiger partial charge in [-0.25, -0.2) is 9.97 Å². The van der Waals surface area contributed by atoms with Gasteiger partial charge in [0.25, 0.3) is 0 Å². The number of hydrogen-bond acceptors (Lipinski definition) is 5. The van der Waals surface area contributed by atoms with E-state index in [2.05, 4.69) is 30.5 Å². The third-order valence-corrected chi connectivity index (χ3v) is 4.20. The number of hydrogen-bond donors (Lipinski definition) is 2. The highest BCUT2D eigenvalue weighted by Gasteiger charge is 2.30. The van der Waals surface area contributed by atoms with Crippen LogP contribution < -0.4 is 5.32 Å². The molecule has 9 heteroatoms. The van der Waals surface area contributed by atoms with Crippen molar-refractivity contribution < 1.29 is 13.2 Å². The van der Waals surface area contributed by atoms with Crippen LogP contribution in [0.2, 0.25) is 0 Å². The molecule has 0 spiro atoms. The molecule has 0 radical (unpaired) electrons. The van der Waals surface area contributed by atoms with Crippen LogP contribution in [0.4, 0.5) is 19.0 Å². The molecule has 3 aromatic heterocycles. The van der Waals surface area contributed by atoms with Crippen molar-refractivity contribution >= 4 is 5.82 Å². The Balaban J connectivity index is 1.57. The molecule has 4 rings (SSSR count). The van der Waals surface area contributed by atoms with E-state index in [1.54, 1.807) is 24.7 Å². The second kappa shape index (κ2) is 7.70. The number of pyridine rings is 2. The lowest BCUT2D eigenvalue weighted by Gasteiger charge is -2.08. The van der Waals surface area contributed by atoms with Crippen LogP contribution in [0.3, 0.4) is 0 Å². The summed E-state index contributed by atoms with van der Waals surface area (Å²) < 4.78 is 38.2. The first-order chi connectivity index (χ1) is 14.0. The average molecular weight is 396 g/mol. The topological polar surface area (TPSA) is 79.4 Å². The standard InChI is InChI=1S/C20H15F3N6/c21-20(22,23)15-7-5-14(6-8-15)17-27-19(29-28-17)16-4-2-10-25-18(16)26-12-13-3-1-9-24-11-13/h1-11H,12H2,(H,25,26)(H,27,28,29). The van der Waals surface area contributed by atoms with E-state index in [1.165, 1.54) is 12.1 Å². The summed E-state index contributed by atoms with van der Waals surface area (Å²) in [6.45, 7) is 0.526. The van der Waals surface area contributed by atoms with Crippen molar-refractivity contribution in [1.82, 2.24) is 25.1 Å².